The van der Waals surface area contributed by atoms with E-state index >= 15 is 0 Å². The number of carbonyl (C=O) groups excluding carboxylic acids is 1. The molecule has 0 saturated carbocycles. The van der Waals surface area contributed by atoms with Crippen LogP contribution in [0.3, 0.4) is 0 Å². The number of anilines is 1. The Morgan fingerprint density at radius 1 is 1.07 bits per heavy atom. The van der Waals surface area contributed by atoms with Crippen LogP contribution in [-0.2, 0) is 4.84 Å². The summed E-state index contributed by atoms with van der Waals surface area (Å²) < 4.78 is 6.57. The van der Waals surface area contributed by atoms with Crippen LogP contribution in [0, 0.1) is 0 Å². The third kappa shape index (κ3) is 6.29. The molecule has 1 aliphatic heterocycles. The first-order valence-corrected chi connectivity index (χ1v) is 9.67. The fourth-order valence-corrected chi connectivity index (χ4v) is 3.05. The Balaban J connectivity index is 1.34. The number of ether oxygens (including phenoxy) is 1. The fourth-order valence-electron chi connectivity index (χ4n) is 2.67. The summed E-state index contributed by atoms with van der Waals surface area (Å²) in [6.45, 7) is 2.08. The molecule has 27 heavy (non-hydrogen) atoms. The summed E-state index contributed by atoms with van der Waals surface area (Å²) in [5.74, 6) is 0.790. The third-order valence-corrected chi connectivity index (χ3v) is 4.58. The second-order valence-electron chi connectivity index (χ2n) is 6.08. The van der Waals surface area contributed by atoms with Gasteiger partial charge in [-0.15, -0.1) is 0 Å². The van der Waals surface area contributed by atoms with Gasteiger partial charge in [0.1, 0.15) is 12.4 Å². The number of amides is 2. The van der Waals surface area contributed by atoms with E-state index < -0.39 is 0 Å². The lowest BCUT2D eigenvalue weighted by Gasteiger charge is -2.27. The number of carbonyl (C=O) groups is 1. The molecule has 6 nitrogen and oxygen atoms in total. The monoisotopic (exact) mass is 431 g/mol. The van der Waals surface area contributed by atoms with Gasteiger partial charge in [-0.3, -0.25) is 0 Å². The largest absolute Gasteiger partial charge is 0.490 e. The van der Waals surface area contributed by atoms with E-state index in [1.54, 1.807) is 4.90 Å². The number of nitrogens with one attached hydrogen (secondary N) is 1. The number of hydrogen-bond acceptors (Lipinski definition) is 4. The summed E-state index contributed by atoms with van der Waals surface area (Å²) in [6.07, 6.45) is 1.43. The van der Waals surface area contributed by atoms with E-state index in [9.17, 15) is 4.79 Å². The highest BCUT2D eigenvalue weighted by atomic mass is 79.9. The maximum atomic E-state index is 12.3. The highest BCUT2D eigenvalue weighted by molar-refractivity contribution is 9.10. The Bertz CT molecular complexity index is 773. The quantitative estimate of drug-likeness (QED) is 0.539. The van der Waals surface area contributed by atoms with Gasteiger partial charge < -0.3 is 19.8 Å². The molecule has 0 spiro atoms. The molecule has 0 aliphatic carbocycles. The minimum atomic E-state index is -0.0800. The molecule has 0 bridgehead atoms. The maximum absolute atomic E-state index is 12.3. The van der Waals surface area contributed by atoms with Crippen molar-refractivity contribution in [3.05, 3.63) is 59.1 Å². The van der Waals surface area contributed by atoms with E-state index in [2.05, 4.69) is 26.4 Å². The molecular weight excluding hydrogens is 410 g/mol. The number of halogens is 1. The minimum Gasteiger partial charge on any atom is -0.490 e. The van der Waals surface area contributed by atoms with E-state index in [1.165, 1.54) is 0 Å². The molecular formula is C20H22BrN3O3. The van der Waals surface area contributed by atoms with Crippen LogP contribution in [0.25, 0.3) is 0 Å². The average molecular weight is 432 g/mol. The molecule has 1 N–H and O–H groups in total. The lowest BCUT2D eigenvalue weighted by atomic mass is 10.1. The highest BCUT2D eigenvalue weighted by Gasteiger charge is 2.20. The first kappa shape index (κ1) is 19.2. The molecule has 1 heterocycles. The molecule has 0 atom stereocenters. The molecule has 0 unspecified atom stereocenters. The van der Waals surface area contributed by atoms with Crippen LogP contribution in [0.2, 0.25) is 0 Å². The first-order chi connectivity index (χ1) is 13.2. The normalized spacial score (nSPS) is 13.8. The van der Waals surface area contributed by atoms with E-state index in [4.69, 9.17) is 9.57 Å². The predicted octanol–water partition coefficient (Wildman–Crippen LogP) is 4.53. The summed E-state index contributed by atoms with van der Waals surface area (Å²) in [5, 5.41) is 7.08. The summed E-state index contributed by atoms with van der Waals surface area (Å²) in [6, 6.07) is 17.0. The topological polar surface area (TPSA) is 63.2 Å². The Morgan fingerprint density at radius 3 is 2.59 bits per heavy atom. The molecule has 2 aromatic carbocycles. The molecule has 1 saturated heterocycles. The molecule has 7 heteroatoms. The van der Waals surface area contributed by atoms with E-state index in [-0.39, 0.29) is 6.03 Å². The van der Waals surface area contributed by atoms with Gasteiger partial charge >= 0.3 is 6.03 Å². The van der Waals surface area contributed by atoms with Crippen LogP contribution in [0.15, 0.2) is 64.2 Å². The van der Waals surface area contributed by atoms with Crippen LogP contribution in [0.5, 0.6) is 5.75 Å². The van der Waals surface area contributed by atoms with Crippen LogP contribution in [0.4, 0.5) is 10.5 Å². The van der Waals surface area contributed by atoms with Crippen molar-refractivity contribution in [2.24, 2.45) is 5.16 Å². The van der Waals surface area contributed by atoms with Gasteiger partial charge in [0.05, 0.1) is 5.71 Å². The molecule has 1 aliphatic rings. The summed E-state index contributed by atoms with van der Waals surface area (Å²) >= 11 is 3.40. The lowest BCUT2D eigenvalue weighted by Crippen LogP contribution is -2.41. The van der Waals surface area contributed by atoms with Gasteiger partial charge in [-0.1, -0.05) is 45.4 Å². The van der Waals surface area contributed by atoms with E-state index in [1.807, 2.05) is 54.6 Å². The number of rotatable bonds is 6. The number of urea groups is 1. The summed E-state index contributed by atoms with van der Waals surface area (Å²) in [4.78, 5) is 19.4. The van der Waals surface area contributed by atoms with Gasteiger partial charge in [0, 0.05) is 36.1 Å². The fraction of sp³-hybridized carbons (Fsp3) is 0.300. The molecule has 1 fully saturated rings. The number of piperidine rings is 1. The Hall–Kier alpha value is -2.54. The summed E-state index contributed by atoms with van der Waals surface area (Å²) in [5.41, 5.74) is 1.77. The number of likely N-dealkylation sites (tertiary alicyclic amines) is 1. The SMILES string of the molecule is O=C(Nc1ccccc1)N1CCC(=NOCCOc2cccc(Br)c2)CC1. The zero-order valence-corrected chi connectivity index (χ0v) is 16.5. The number of benzene rings is 2. The zero-order chi connectivity index (χ0) is 18.9. The van der Waals surface area contributed by atoms with Crippen LogP contribution in [0.1, 0.15) is 12.8 Å². The van der Waals surface area contributed by atoms with Gasteiger partial charge in [0.2, 0.25) is 0 Å². The second kappa shape index (κ2) is 9.97. The van der Waals surface area contributed by atoms with E-state index in [0.29, 0.717) is 39.1 Å². The van der Waals surface area contributed by atoms with E-state index in [0.717, 1.165) is 21.6 Å². The number of para-hydroxylation sites is 1. The molecule has 3 rings (SSSR count). The van der Waals surface area contributed by atoms with Gasteiger partial charge in [-0.2, -0.15) is 0 Å². The molecule has 0 aromatic heterocycles. The van der Waals surface area contributed by atoms with Crippen LogP contribution in [-0.4, -0.2) is 42.9 Å². The van der Waals surface area contributed by atoms with Crippen molar-refractivity contribution in [2.45, 2.75) is 12.8 Å². The van der Waals surface area contributed by atoms with Gasteiger partial charge in [0.25, 0.3) is 0 Å². The van der Waals surface area contributed by atoms with Crippen molar-refractivity contribution in [3.8, 4) is 5.75 Å². The van der Waals surface area contributed by atoms with Crippen molar-refractivity contribution < 1.29 is 14.4 Å². The third-order valence-electron chi connectivity index (χ3n) is 4.09. The first-order valence-electron chi connectivity index (χ1n) is 8.88. The number of oxime groups is 1. The summed E-state index contributed by atoms with van der Waals surface area (Å²) in [7, 11) is 0. The van der Waals surface area contributed by atoms with Crippen molar-refractivity contribution >= 4 is 33.4 Å². The average Bonchev–Trinajstić information content (AvgIpc) is 2.69. The molecule has 0 radical (unpaired) electrons. The Morgan fingerprint density at radius 2 is 1.85 bits per heavy atom. The van der Waals surface area contributed by atoms with Gasteiger partial charge in [-0.05, 0) is 30.3 Å². The number of nitrogens with zero attached hydrogens (tertiary/aromatic N) is 2. The van der Waals surface area contributed by atoms with Crippen molar-refractivity contribution in [1.82, 2.24) is 4.90 Å². The van der Waals surface area contributed by atoms with Gasteiger partial charge in [0.15, 0.2) is 6.61 Å². The van der Waals surface area contributed by atoms with Crippen LogP contribution >= 0.6 is 15.9 Å². The van der Waals surface area contributed by atoms with Gasteiger partial charge in [-0.25, -0.2) is 4.79 Å². The molecule has 2 amide bonds. The van der Waals surface area contributed by atoms with Crippen molar-refractivity contribution in [3.63, 3.8) is 0 Å². The zero-order valence-electron chi connectivity index (χ0n) is 14.9. The minimum absolute atomic E-state index is 0.0800. The van der Waals surface area contributed by atoms with Crippen molar-refractivity contribution in [2.75, 3.05) is 31.6 Å². The predicted molar refractivity (Wildman–Crippen MR) is 109 cm³/mol. The molecule has 2 aromatic rings. The highest BCUT2D eigenvalue weighted by Crippen LogP contribution is 2.17. The number of hydrogen-bond donors (Lipinski definition) is 1. The maximum Gasteiger partial charge on any atom is 0.321 e. The second-order valence-corrected chi connectivity index (χ2v) is 7.00. The standard InChI is InChI=1S/C20H22BrN3O3/c21-16-5-4-8-19(15-16)26-13-14-27-23-18-9-11-24(12-10-18)20(25)22-17-6-2-1-3-7-17/h1-8,15H,9-14H2,(H,22,25). The van der Waals surface area contributed by atoms with Crippen molar-refractivity contribution in [1.29, 1.82) is 0 Å². The molecule has 142 valence electrons. The van der Waals surface area contributed by atoms with Crippen LogP contribution < -0.4 is 10.1 Å². The smallest absolute Gasteiger partial charge is 0.321 e. The lowest BCUT2D eigenvalue weighted by molar-refractivity contribution is 0.105. The Kier molecular flexibility index (Phi) is 7.10. The Labute approximate surface area is 167 Å².